The predicted molar refractivity (Wildman–Crippen MR) is 65.1 cm³/mol. The van der Waals surface area contributed by atoms with Gasteiger partial charge < -0.3 is 15.2 Å². The molecular weight excluding hydrogens is 236 g/mol. The molecule has 18 heavy (non-hydrogen) atoms. The van der Waals surface area contributed by atoms with E-state index in [9.17, 15) is 9.59 Å². The molecule has 0 saturated carbocycles. The Hall–Kier alpha value is -1.60. The van der Waals surface area contributed by atoms with E-state index in [2.05, 4.69) is 20.4 Å². The second-order valence-corrected chi connectivity index (χ2v) is 4.26. The molecule has 1 aliphatic heterocycles. The molecule has 7 nitrogen and oxygen atoms in total. The van der Waals surface area contributed by atoms with Gasteiger partial charge in [-0.2, -0.15) is 0 Å². The Labute approximate surface area is 104 Å². The highest BCUT2D eigenvalue weighted by molar-refractivity contribution is 5.75. The van der Waals surface area contributed by atoms with E-state index >= 15 is 0 Å². The number of nitrogens with one attached hydrogen (secondary N) is 3. The highest BCUT2D eigenvalue weighted by atomic mass is 16.5. The quantitative estimate of drug-likeness (QED) is 0.631. The number of aromatic nitrogens is 2. The summed E-state index contributed by atoms with van der Waals surface area (Å²) in [6.07, 6.45) is 0.467. The zero-order chi connectivity index (χ0) is 12.8. The molecule has 0 spiro atoms. The number of amides is 1. The van der Waals surface area contributed by atoms with Gasteiger partial charge in [-0.25, -0.2) is 0 Å². The largest absolute Gasteiger partial charge is 0.379 e. The molecule has 0 atom stereocenters. The Balaban J connectivity index is 1.64. The monoisotopic (exact) mass is 254 g/mol. The molecule has 0 radical (unpaired) electrons. The maximum atomic E-state index is 11.6. The highest BCUT2D eigenvalue weighted by Gasteiger charge is 2.11. The number of ether oxygens (including phenoxy) is 1. The van der Waals surface area contributed by atoms with E-state index in [-0.39, 0.29) is 11.5 Å². The van der Waals surface area contributed by atoms with Crippen LogP contribution in [-0.2, 0) is 16.1 Å². The van der Waals surface area contributed by atoms with Crippen molar-refractivity contribution in [2.24, 2.45) is 0 Å². The molecular formula is C11H18N4O3. The van der Waals surface area contributed by atoms with Crippen LogP contribution in [0.4, 0.5) is 0 Å². The standard InChI is InChI=1S/C11H18N4O3/c16-10(1-2-15-3-5-18-6-4-15)12-8-9-7-11(17)14-13-9/h7H,1-6,8H2,(H,12,16)(H2,13,14,17). The Morgan fingerprint density at radius 2 is 2.17 bits per heavy atom. The second-order valence-electron chi connectivity index (χ2n) is 4.26. The van der Waals surface area contributed by atoms with Gasteiger partial charge in [0.05, 0.1) is 25.5 Å². The van der Waals surface area contributed by atoms with Crippen molar-refractivity contribution < 1.29 is 9.53 Å². The third-order valence-electron chi connectivity index (χ3n) is 2.89. The van der Waals surface area contributed by atoms with Crippen molar-refractivity contribution in [1.82, 2.24) is 20.4 Å². The van der Waals surface area contributed by atoms with Crippen LogP contribution in [0.2, 0.25) is 0 Å². The van der Waals surface area contributed by atoms with E-state index < -0.39 is 0 Å². The summed E-state index contributed by atoms with van der Waals surface area (Å²) < 4.78 is 5.23. The summed E-state index contributed by atoms with van der Waals surface area (Å²) in [6.45, 7) is 4.36. The average molecular weight is 254 g/mol. The van der Waals surface area contributed by atoms with Crippen molar-refractivity contribution >= 4 is 5.91 Å². The average Bonchev–Trinajstić information content (AvgIpc) is 2.81. The van der Waals surface area contributed by atoms with Crippen LogP contribution in [-0.4, -0.2) is 53.9 Å². The van der Waals surface area contributed by atoms with Gasteiger partial charge in [0.25, 0.3) is 5.56 Å². The molecule has 7 heteroatoms. The molecule has 0 unspecified atom stereocenters. The van der Waals surface area contributed by atoms with Crippen LogP contribution in [0.1, 0.15) is 12.1 Å². The summed E-state index contributed by atoms with van der Waals surface area (Å²) in [5.74, 6) is -0.0106. The summed E-state index contributed by atoms with van der Waals surface area (Å²) in [5.41, 5.74) is 0.493. The molecule has 1 fully saturated rings. The first-order valence-electron chi connectivity index (χ1n) is 6.07. The van der Waals surface area contributed by atoms with Crippen LogP contribution in [0, 0.1) is 0 Å². The number of hydrogen-bond donors (Lipinski definition) is 3. The number of carbonyl (C=O) groups is 1. The Morgan fingerprint density at radius 3 is 2.83 bits per heavy atom. The first-order valence-corrected chi connectivity index (χ1v) is 6.07. The number of aromatic amines is 2. The van der Waals surface area contributed by atoms with Crippen LogP contribution >= 0.6 is 0 Å². The van der Waals surface area contributed by atoms with Gasteiger partial charge in [-0.05, 0) is 0 Å². The minimum absolute atomic E-state index is 0.0106. The Kier molecular flexibility index (Phi) is 4.54. The zero-order valence-electron chi connectivity index (χ0n) is 10.2. The number of morpholine rings is 1. The lowest BCUT2D eigenvalue weighted by atomic mass is 10.3. The summed E-state index contributed by atoms with van der Waals surface area (Å²) >= 11 is 0. The molecule has 2 rings (SSSR count). The number of carbonyl (C=O) groups excluding carboxylic acids is 1. The van der Waals surface area contributed by atoms with Crippen molar-refractivity contribution in [3.8, 4) is 0 Å². The van der Waals surface area contributed by atoms with Gasteiger partial charge in [-0.1, -0.05) is 0 Å². The fraction of sp³-hybridized carbons (Fsp3) is 0.636. The molecule has 1 aromatic rings. The van der Waals surface area contributed by atoms with Crippen molar-refractivity contribution in [1.29, 1.82) is 0 Å². The normalized spacial score (nSPS) is 16.7. The molecule has 1 aromatic heterocycles. The maximum absolute atomic E-state index is 11.6. The number of hydrogen-bond acceptors (Lipinski definition) is 4. The van der Waals surface area contributed by atoms with Crippen molar-refractivity contribution in [2.75, 3.05) is 32.8 Å². The molecule has 100 valence electrons. The molecule has 2 heterocycles. The molecule has 1 saturated heterocycles. The van der Waals surface area contributed by atoms with Gasteiger partial charge in [-0.15, -0.1) is 0 Å². The lowest BCUT2D eigenvalue weighted by Crippen LogP contribution is -2.38. The van der Waals surface area contributed by atoms with Crippen LogP contribution in [0.5, 0.6) is 0 Å². The third kappa shape index (κ3) is 4.01. The minimum atomic E-state index is -0.187. The smallest absolute Gasteiger partial charge is 0.264 e. The first-order chi connectivity index (χ1) is 8.74. The van der Waals surface area contributed by atoms with Crippen molar-refractivity contribution in [3.05, 3.63) is 22.1 Å². The zero-order valence-corrected chi connectivity index (χ0v) is 10.2. The van der Waals surface area contributed by atoms with Gasteiger partial charge in [0.15, 0.2) is 0 Å². The number of rotatable bonds is 5. The van der Waals surface area contributed by atoms with Crippen molar-refractivity contribution in [2.45, 2.75) is 13.0 Å². The van der Waals surface area contributed by atoms with Gasteiger partial charge in [-0.3, -0.25) is 19.6 Å². The number of nitrogens with zero attached hydrogens (tertiary/aromatic N) is 1. The van der Waals surface area contributed by atoms with Crippen molar-refractivity contribution in [3.63, 3.8) is 0 Å². The highest BCUT2D eigenvalue weighted by Crippen LogP contribution is 1.98. The molecule has 1 amide bonds. The number of H-pyrrole nitrogens is 2. The fourth-order valence-corrected chi connectivity index (χ4v) is 1.83. The topological polar surface area (TPSA) is 90.2 Å². The van der Waals surface area contributed by atoms with Gasteiger partial charge in [0.2, 0.25) is 5.91 Å². The van der Waals surface area contributed by atoms with Gasteiger partial charge >= 0.3 is 0 Å². The third-order valence-corrected chi connectivity index (χ3v) is 2.89. The van der Waals surface area contributed by atoms with E-state index in [0.717, 1.165) is 32.8 Å². The fourth-order valence-electron chi connectivity index (χ4n) is 1.83. The Morgan fingerprint density at radius 1 is 1.39 bits per heavy atom. The molecule has 0 bridgehead atoms. The lowest BCUT2D eigenvalue weighted by Gasteiger charge is -2.26. The maximum Gasteiger partial charge on any atom is 0.264 e. The Bertz CT molecular complexity index is 433. The summed E-state index contributed by atoms with van der Waals surface area (Å²) in [7, 11) is 0. The van der Waals surface area contributed by atoms with Gasteiger partial charge in [0.1, 0.15) is 0 Å². The van der Waals surface area contributed by atoms with E-state index in [0.29, 0.717) is 18.7 Å². The van der Waals surface area contributed by atoms with E-state index in [1.807, 2.05) is 0 Å². The van der Waals surface area contributed by atoms with E-state index in [1.54, 1.807) is 0 Å². The van der Waals surface area contributed by atoms with Crippen LogP contribution < -0.4 is 10.9 Å². The molecule has 1 aliphatic rings. The summed E-state index contributed by atoms with van der Waals surface area (Å²) in [6, 6.07) is 1.43. The lowest BCUT2D eigenvalue weighted by molar-refractivity contribution is -0.121. The van der Waals surface area contributed by atoms with E-state index in [4.69, 9.17) is 4.74 Å². The summed E-state index contributed by atoms with van der Waals surface area (Å²) in [4.78, 5) is 24.7. The SMILES string of the molecule is O=C(CCN1CCOCC1)NCc1cc(=O)[nH][nH]1. The van der Waals surface area contributed by atoms with Crippen LogP contribution in [0.3, 0.4) is 0 Å². The molecule has 0 aliphatic carbocycles. The first kappa shape index (κ1) is 12.8. The molecule has 0 aromatic carbocycles. The molecule has 3 N–H and O–H groups in total. The second kappa shape index (κ2) is 6.36. The van der Waals surface area contributed by atoms with Gasteiger partial charge in [0, 0.05) is 32.1 Å². The van der Waals surface area contributed by atoms with Crippen LogP contribution in [0.25, 0.3) is 0 Å². The van der Waals surface area contributed by atoms with E-state index in [1.165, 1.54) is 6.07 Å². The van der Waals surface area contributed by atoms with Crippen LogP contribution in [0.15, 0.2) is 10.9 Å². The predicted octanol–water partition coefficient (Wildman–Crippen LogP) is -0.958. The minimum Gasteiger partial charge on any atom is -0.379 e. The summed E-state index contributed by atoms with van der Waals surface area (Å²) in [5, 5.41) is 7.87.